The number of hydrogen-bond donors (Lipinski definition) is 2. The molecule has 4 rings (SSSR count). The second-order valence-corrected chi connectivity index (χ2v) is 6.85. The van der Waals surface area contributed by atoms with Crippen LogP contribution in [0, 0.1) is 5.92 Å². The molecule has 1 aromatic carbocycles. The molecule has 2 aromatic heterocycles. The van der Waals surface area contributed by atoms with Crippen molar-refractivity contribution in [3.63, 3.8) is 0 Å². The summed E-state index contributed by atoms with van der Waals surface area (Å²) in [6.45, 7) is 1.05. The molecule has 1 aliphatic carbocycles. The van der Waals surface area contributed by atoms with Gasteiger partial charge in [0.1, 0.15) is 5.82 Å². The molecule has 0 bridgehead atoms. The number of rotatable bonds is 7. The minimum Gasteiger partial charge on any atom is -0.348 e. The molecule has 0 saturated heterocycles. The Kier molecular flexibility index (Phi) is 5.14. The number of anilines is 1. The standard InChI is InChI=1S/C21H21N5O2/c27-20(16-8-10-22-19(12-16)25-21(28)15-6-7-15)23-13-17-4-1-2-5-18(17)14-26-11-3-9-24-26/h1-5,8-12,15H,6-7,13-14H2,(H,23,27)(H,22,25,28). The van der Waals surface area contributed by atoms with Crippen LogP contribution in [0.25, 0.3) is 0 Å². The van der Waals surface area contributed by atoms with Crippen LogP contribution in [-0.2, 0) is 17.9 Å². The zero-order chi connectivity index (χ0) is 19.3. The predicted octanol–water partition coefficient (Wildman–Crippen LogP) is 2.60. The van der Waals surface area contributed by atoms with E-state index in [0.717, 1.165) is 24.0 Å². The van der Waals surface area contributed by atoms with E-state index >= 15 is 0 Å². The zero-order valence-corrected chi connectivity index (χ0v) is 15.3. The van der Waals surface area contributed by atoms with Gasteiger partial charge in [-0.15, -0.1) is 0 Å². The fourth-order valence-corrected chi connectivity index (χ4v) is 2.94. The topological polar surface area (TPSA) is 88.9 Å². The van der Waals surface area contributed by atoms with E-state index in [0.29, 0.717) is 24.5 Å². The Balaban J connectivity index is 1.40. The highest BCUT2D eigenvalue weighted by Gasteiger charge is 2.29. The van der Waals surface area contributed by atoms with Crippen LogP contribution in [-0.4, -0.2) is 26.6 Å². The SMILES string of the molecule is O=C(NCc1ccccc1Cn1cccn1)c1ccnc(NC(=O)C2CC2)c1. The van der Waals surface area contributed by atoms with Crippen LogP contribution in [0.5, 0.6) is 0 Å². The van der Waals surface area contributed by atoms with Crippen molar-refractivity contribution in [1.29, 1.82) is 0 Å². The number of amides is 2. The summed E-state index contributed by atoms with van der Waals surface area (Å²) in [5.41, 5.74) is 2.59. The second kappa shape index (κ2) is 8.04. The molecular weight excluding hydrogens is 354 g/mol. The summed E-state index contributed by atoms with van der Waals surface area (Å²) in [6, 6.07) is 13.1. The number of carbonyl (C=O) groups excluding carboxylic acids is 2. The van der Waals surface area contributed by atoms with Crippen LogP contribution in [0.3, 0.4) is 0 Å². The highest BCUT2D eigenvalue weighted by molar-refractivity contribution is 5.97. The van der Waals surface area contributed by atoms with Crippen molar-refractivity contribution in [2.24, 2.45) is 5.92 Å². The van der Waals surface area contributed by atoms with Crippen molar-refractivity contribution in [3.05, 3.63) is 77.7 Å². The van der Waals surface area contributed by atoms with Crippen molar-refractivity contribution in [2.75, 3.05) is 5.32 Å². The molecule has 7 nitrogen and oxygen atoms in total. The van der Waals surface area contributed by atoms with Crippen LogP contribution in [0.4, 0.5) is 5.82 Å². The van der Waals surface area contributed by atoms with E-state index in [1.165, 1.54) is 6.20 Å². The van der Waals surface area contributed by atoms with E-state index in [4.69, 9.17) is 0 Å². The molecule has 0 aliphatic heterocycles. The maximum atomic E-state index is 12.6. The Hall–Kier alpha value is -3.48. The normalized spacial score (nSPS) is 13.1. The Morgan fingerprint density at radius 1 is 1.07 bits per heavy atom. The number of nitrogens with one attached hydrogen (secondary N) is 2. The fraction of sp³-hybridized carbons (Fsp3) is 0.238. The van der Waals surface area contributed by atoms with Gasteiger partial charge >= 0.3 is 0 Å². The molecule has 142 valence electrons. The van der Waals surface area contributed by atoms with Gasteiger partial charge in [-0.05, 0) is 42.2 Å². The van der Waals surface area contributed by atoms with Crippen LogP contribution < -0.4 is 10.6 Å². The quantitative estimate of drug-likeness (QED) is 0.664. The first-order chi connectivity index (χ1) is 13.7. The van der Waals surface area contributed by atoms with Gasteiger partial charge < -0.3 is 10.6 Å². The zero-order valence-electron chi connectivity index (χ0n) is 15.3. The Bertz CT molecular complexity index is 980. The van der Waals surface area contributed by atoms with Gasteiger partial charge in [-0.2, -0.15) is 5.10 Å². The molecule has 3 aromatic rings. The molecular formula is C21H21N5O2. The first-order valence-electron chi connectivity index (χ1n) is 9.28. The summed E-state index contributed by atoms with van der Waals surface area (Å²) >= 11 is 0. The number of benzene rings is 1. The van der Waals surface area contributed by atoms with Crippen LogP contribution in [0.15, 0.2) is 61.1 Å². The highest BCUT2D eigenvalue weighted by atomic mass is 16.2. The van der Waals surface area contributed by atoms with Crippen molar-refractivity contribution < 1.29 is 9.59 Å². The summed E-state index contributed by atoms with van der Waals surface area (Å²) < 4.78 is 1.85. The van der Waals surface area contributed by atoms with Crippen molar-refractivity contribution in [2.45, 2.75) is 25.9 Å². The predicted molar refractivity (Wildman–Crippen MR) is 105 cm³/mol. The van der Waals surface area contributed by atoms with E-state index in [1.807, 2.05) is 41.2 Å². The van der Waals surface area contributed by atoms with Crippen LogP contribution in [0.2, 0.25) is 0 Å². The van der Waals surface area contributed by atoms with E-state index in [9.17, 15) is 9.59 Å². The second-order valence-electron chi connectivity index (χ2n) is 6.85. The first kappa shape index (κ1) is 17.9. The van der Waals surface area contributed by atoms with E-state index in [1.54, 1.807) is 18.3 Å². The third-order valence-electron chi connectivity index (χ3n) is 4.67. The molecule has 0 unspecified atom stereocenters. The number of hydrogen-bond acceptors (Lipinski definition) is 4. The molecule has 0 radical (unpaired) electrons. The number of pyridine rings is 1. The molecule has 7 heteroatoms. The lowest BCUT2D eigenvalue weighted by atomic mass is 10.1. The van der Waals surface area contributed by atoms with E-state index in [-0.39, 0.29) is 17.7 Å². The number of aromatic nitrogens is 3. The lowest BCUT2D eigenvalue weighted by Crippen LogP contribution is -2.24. The molecule has 28 heavy (non-hydrogen) atoms. The largest absolute Gasteiger partial charge is 0.348 e. The lowest BCUT2D eigenvalue weighted by Gasteiger charge is -2.11. The third kappa shape index (κ3) is 4.43. The third-order valence-corrected chi connectivity index (χ3v) is 4.67. The summed E-state index contributed by atoms with van der Waals surface area (Å²) in [7, 11) is 0. The molecule has 1 fully saturated rings. The van der Waals surface area contributed by atoms with Gasteiger partial charge in [0.25, 0.3) is 5.91 Å². The maximum Gasteiger partial charge on any atom is 0.251 e. The van der Waals surface area contributed by atoms with Gasteiger partial charge in [-0.1, -0.05) is 24.3 Å². The Morgan fingerprint density at radius 2 is 1.89 bits per heavy atom. The molecule has 0 atom stereocenters. The van der Waals surface area contributed by atoms with Crippen molar-refractivity contribution in [3.8, 4) is 0 Å². The van der Waals surface area contributed by atoms with E-state index < -0.39 is 0 Å². The highest BCUT2D eigenvalue weighted by Crippen LogP contribution is 2.29. The maximum absolute atomic E-state index is 12.6. The van der Waals surface area contributed by atoms with Gasteiger partial charge in [0.05, 0.1) is 6.54 Å². The number of carbonyl (C=O) groups is 2. The minimum atomic E-state index is -0.210. The molecule has 2 N–H and O–H groups in total. The Labute approximate surface area is 162 Å². The average Bonchev–Trinajstić information content (AvgIpc) is 3.45. The lowest BCUT2D eigenvalue weighted by molar-refractivity contribution is -0.117. The Morgan fingerprint density at radius 3 is 2.64 bits per heavy atom. The van der Waals surface area contributed by atoms with Gasteiger partial charge in [0, 0.05) is 36.6 Å². The van der Waals surface area contributed by atoms with Crippen LogP contribution in [0.1, 0.15) is 34.3 Å². The van der Waals surface area contributed by atoms with Gasteiger partial charge in [0.2, 0.25) is 5.91 Å². The molecule has 1 aliphatic rings. The fourth-order valence-electron chi connectivity index (χ4n) is 2.94. The smallest absolute Gasteiger partial charge is 0.251 e. The minimum absolute atomic E-state index is 0.0300. The van der Waals surface area contributed by atoms with Crippen molar-refractivity contribution in [1.82, 2.24) is 20.1 Å². The summed E-state index contributed by atoms with van der Waals surface area (Å²) in [4.78, 5) is 28.6. The van der Waals surface area contributed by atoms with E-state index in [2.05, 4.69) is 20.7 Å². The molecule has 2 heterocycles. The number of nitrogens with zero attached hydrogens (tertiary/aromatic N) is 3. The summed E-state index contributed by atoms with van der Waals surface area (Å²) in [5, 5.41) is 9.94. The summed E-state index contributed by atoms with van der Waals surface area (Å²) in [5.74, 6) is 0.255. The van der Waals surface area contributed by atoms with Crippen LogP contribution >= 0.6 is 0 Å². The molecule has 0 spiro atoms. The monoisotopic (exact) mass is 375 g/mol. The molecule has 1 saturated carbocycles. The molecule has 2 amide bonds. The first-order valence-corrected chi connectivity index (χ1v) is 9.28. The van der Waals surface area contributed by atoms with Crippen molar-refractivity contribution >= 4 is 17.6 Å². The van der Waals surface area contributed by atoms with Gasteiger partial charge in [0.15, 0.2) is 0 Å². The average molecular weight is 375 g/mol. The summed E-state index contributed by atoms with van der Waals surface area (Å²) in [6.07, 6.45) is 7.02. The van der Waals surface area contributed by atoms with Gasteiger partial charge in [-0.25, -0.2) is 4.98 Å². The van der Waals surface area contributed by atoms with Gasteiger partial charge in [-0.3, -0.25) is 14.3 Å².